The molecule has 0 bridgehead atoms. The van der Waals surface area contributed by atoms with Gasteiger partial charge in [0.05, 0.1) is 87.1 Å². The van der Waals surface area contributed by atoms with Gasteiger partial charge in [0.15, 0.2) is 11.4 Å². The normalized spacial score (nSPS) is 13.9. The van der Waals surface area contributed by atoms with Crippen molar-refractivity contribution >= 4 is 48.5 Å². The van der Waals surface area contributed by atoms with E-state index in [1.54, 1.807) is 0 Å². The van der Waals surface area contributed by atoms with Crippen LogP contribution in [0.25, 0.3) is 0 Å². The summed E-state index contributed by atoms with van der Waals surface area (Å²) in [5.41, 5.74) is 4.46. The number of nitrogens with two attached hydrogens (primary N) is 1. The topological polar surface area (TPSA) is 360 Å². The number of aliphatic hydroxyl groups is 2. The number of nitrogens with one attached hydrogen (secondary N) is 2. The number of nitriles is 1. The Hall–Kier alpha value is -6.07. The van der Waals surface area contributed by atoms with Gasteiger partial charge in [-0.1, -0.05) is 0 Å². The smallest absolute Gasteiger partial charge is 0.281 e. The Morgan fingerprint density at radius 3 is 1.45 bits per heavy atom. The van der Waals surface area contributed by atoms with Gasteiger partial charge in [0.2, 0.25) is 31.8 Å². The quantitative estimate of drug-likeness (QED) is 0.0288. The van der Waals surface area contributed by atoms with Crippen molar-refractivity contribution in [1.29, 1.82) is 5.26 Å². The molecule has 0 unspecified atom stereocenters. The molecule has 73 heavy (non-hydrogen) atoms. The molecule has 28 heteroatoms. The van der Waals surface area contributed by atoms with Gasteiger partial charge >= 0.3 is 0 Å². The van der Waals surface area contributed by atoms with E-state index < -0.39 is 42.9 Å². The molecule has 26 nitrogen and oxygen atoms in total. The lowest BCUT2D eigenvalue weighted by Gasteiger charge is -2.34. The molecule has 0 atom stereocenters. The first-order chi connectivity index (χ1) is 35.1. The Morgan fingerprint density at radius 1 is 0.630 bits per heavy atom. The van der Waals surface area contributed by atoms with Crippen LogP contribution >= 0.6 is 0 Å². The number of nitrogen functional groups attached to an aromatic ring is 1. The molecule has 1 saturated heterocycles. The first-order valence-electron chi connectivity index (χ1n) is 23.1. The van der Waals surface area contributed by atoms with E-state index >= 15 is 0 Å². The van der Waals surface area contributed by atoms with Crippen molar-refractivity contribution in [3.05, 3.63) is 85.9 Å². The highest BCUT2D eigenvalue weighted by molar-refractivity contribution is 7.89. The molecule has 4 aromatic rings. The molecule has 1 aliphatic heterocycles. The third-order valence-electron chi connectivity index (χ3n) is 11.3. The minimum absolute atomic E-state index is 0.00685. The van der Waals surface area contributed by atoms with Crippen LogP contribution in [-0.4, -0.2) is 162 Å². The lowest BCUT2D eigenvalue weighted by atomic mass is 10.1. The van der Waals surface area contributed by atoms with Crippen LogP contribution < -0.4 is 26.3 Å². The minimum Gasteiger partial charge on any atom is -0.493 e. The molecule has 0 saturated carbocycles. The third-order valence-corrected chi connectivity index (χ3v) is 14.3. The highest BCUT2D eigenvalue weighted by Gasteiger charge is 2.24. The van der Waals surface area contributed by atoms with Crippen molar-refractivity contribution in [2.45, 2.75) is 48.9 Å². The number of ether oxygens (including phenoxy) is 4. The number of benzene rings is 2. The van der Waals surface area contributed by atoms with Gasteiger partial charge in [-0.2, -0.15) is 15.5 Å². The Labute approximate surface area is 422 Å². The number of rotatable bonds is 30. The second-order valence-electron chi connectivity index (χ2n) is 16.2. The van der Waals surface area contributed by atoms with Crippen LogP contribution in [0, 0.1) is 11.3 Å². The summed E-state index contributed by atoms with van der Waals surface area (Å²) in [6.07, 6.45) is 1.11. The maximum absolute atomic E-state index is 13.3. The zero-order valence-corrected chi connectivity index (χ0v) is 42.2. The van der Waals surface area contributed by atoms with Crippen molar-refractivity contribution < 1.29 is 56.2 Å². The molecule has 3 heterocycles. The van der Waals surface area contributed by atoms with Gasteiger partial charge in [-0.25, -0.2) is 26.3 Å². The van der Waals surface area contributed by atoms with E-state index in [0.29, 0.717) is 25.9 Å². The highest BCUT2D eigenvalue weighted by atomic mass is 32.2. The maximum atomic E-state index is 13.3. The van der Waals surface area contributed by atoms with Crippen LogP contribution in [0.1, 0.15) is 29.5 Å². The molecule has 2 aromatic heterocycles. The second-order valence-corrected chi connectivity index (χ2v) is 19.8. The van der Waals surface area contributed by atoms with Crippen molar-refractivity contribution in [2.75, 3.05) is 112 Å². The molecule has 0 aliphatic carbocycles. The first-order valence-corrected chi connectivity index (χ1v) is 26.0. The van der Waals surface area contributed by atoms with Crippen LogP contribution in [0.5, 0.6) is 11.8 Å². The van der Waals surface area contributed by atoms with Crippen LogP contribution in [0.4, 0.5) is 28.4 Å². The number of sulfonamides is 2. The van der Waals surface area contributed by atoms with E-state index in [1.807, 2.05) is 6.07 Å². The number of aromatic hydroxyl groups is 2. The largest absolute Gasteiger partial charge is 0.493 e. The lowest BCUT2D eigenvalue weighted by Crippen LogP contribution is -2.47. The molecule has 8 N–H and O–H groups in total. The average Bonchev–Trinajstić information content (AvgIpc) is 3.38. The van der Waals surface area contributed by atoms with Crippen molar-refractivity contribution in [3.8, 4) is 17.8 Å². The number of anilines is 1. The van der Waals surface area contributed by atoms with E-state index in [0.717, 1.165) is 35.3 Å². The van der Waals surface area contributed by atoms with Gasteiger partial charge in [0.25, 0.3) is 11.1 Å². The molecule has 0 amide bonds. The van der Waals surface area contributed by atoms with E-state index in [9.17, 15) is 41.9 Å². The summed E-state index contributed by atoms with van der Waals surface area (Å²) < 4.78 is 80.2. The SMILES string of the molecule is COCc1c(N)c(O)n(CCOCCO)c(=O)c1N=Nc1ccc(S(=O)(=O)NCCCN2CCN(CCCNS(=O)(=O)c3ccc(N=Nc4c(COC)c(C#N)c(O)n(CCOCCO)c4=O)cc3)CC2)cc1. The van der Waals surface area contributed by atoms with Crippen LogP contribution in [0.15, 0.2) is 88.4 Å². The molecule has 398 valence electrons. The van der Waals surface area contributed by atoms with Gasteiger partial charge in [-0.05, 0) is 74.5 Å². The van der Waals surface area contributed by atoms with Crippen LogP contribution in [0.3, 0.4) is 0 Å². The summed E-state index contributed by atoms with van der Waals surface area (Å²) in [7, 11) is -5.00. The van der Waals surface area contributed by atoms with E-state index in [2.05, 4.69) is 39.7 Å². The number of methoxy groups -OCH3 is 2. The van der Waals surface area contributed by atoms with Crippen molar-refractivity contribution in [3.63, 3.8) is 0 Å². The first kappa shape index (κ1) is 57.8. The monoisotopic (exact) mass is 1060 g/mol. The molecule has 2 aromatic carbocycles. The Bertz CT molecular complexity index is 2900. The third kappa shape index (κ3) is 16.0. The molecule has 0 radical (unpaired) electrons. The summed E-state index contributed by atoms with van der Waals surface area (Å²) in [6, 6.07) is 13.0. The Morgan fingerprint density at radius 2 is 1.04 bits per heavy atom. The molecule has 1 aliphatic rings. The number of hydrogen-bond acceptors (Lipinski definition) is 22. The second kappa shape index (κ2) is 28.4. The van der Waals surface area contributed by atoms with E-state index in [4.69, 9.17) is 34.9 Å². The van der Waals surface area contributed by atoms with E-state index in [-0.39, 0.29) is 134 Å². The standard InChI is InChI=1S/C45H62N12O14S2/c1-68-30-37-36(29-46)42(60)56(21-25-70-27-23-58)44(62)40(37)52-50-32-5-9-34(10-6-32)72(64,65)48-13-3-15-54-17-19-55(20-18-54)16-4-14-49-73(66,67)35-11-7-33(8-12-35)51-53-41-38(31-69-2)39(47)43(61)57(45(41)63)22-26-71-28-24-59/h5-12,48-49,58-61H,3-4,13-28,30-31,47H2,1-2H3. The molecule has 1 fully saturated rings. The minimum atomic E-state index is -3.87. The summed E-state index contributed by atoms with van der Waals surface area (Å²) in [6.45, 7) is 3.72. The summed E-state index contributed by atoms with van der Waals surface area (Å²) in [4.78, 5) is 31.1. The fourth-order valence-corrected chi connectivity index (χ4v) is 9.63. The maximum Gasteiger partial charge on any atom is 0.281 e. The number of nitrogens with zero attached hydrogens (tertiary/aromatic N) is 9. The zero-order chi connectivity index (χ0) is 53.0. The van der Waals surface area contributed by atoms with E-state index in [1.165, 1.54) is 62.8 Å². The van der Waals surface area contributed by atoms with Gasteiger partial charge in [-0.15, -0.1) is 10.2 Å². The fourth-order valence-electron chi connectivity index (χ4n) is 7.48. The number of azo groups is 2. The van der Waals surface area contributed by atoms with Crippen LogP contribution in [-0.2, 0) is 65.3 Å². The van der Waals surface area contributed by atoms with Gasteiger partial charge in [-0.3, -0.25) is 18.7 Å². The van der Waals surface area contributed by atoms with Crippen molar-refractivity contribution in [2.24, 2.45) is 20.5 Å². The zero-order valence-electron chi connectivity index (χ0n) is 40.6. The molecular weight excluding hydrogens is 997 g/mol. The number of pyridine rings is 2. The molecule has 0 spiro atoms. The Balaban J connectivity index is 1.04. The number of piperazine rings is 1. The van der Waals surface area contributed by atoms with Crippen molar-refractivity contribution in [1.82, 2.24) is 28.4 Å². The van der Waals surface area contributed by atoms with Gasteiger partial charge in [0.1, 0.15) is 17.3 Å². The van der Waals surface area contributed by atoms with Gasteiger partial charge in [0, 0.05) is 64.6 Å². The van der Waals surface area contributed by atoms with Crippen LogP contribution in [0.2, 0.25) is 0 Å². The fraction of sp³-hybridized carbons (Fsp3) is 0.489. The molecule has 5 rings (SSSR count). The highest BCUT2D eigenvalue weighted by Crippen LogP contribution is 2.32. The lowest BCUT2D eigenvalue weighted by molar-refractivity contribution is 0.0853. The average molecular weight is 1060 g/mol. The predicted octanol–water partition coefficient (Wildman–Crippen LogP) is 1.67. The summed E-state index contributed by atoms with van der Waals surface area (Å²) >= 11 is 0. The van der Waals surface area contributed by atoms with Gasteiger partial charge < -0.3 is 54.9 Å². The number of aliphatic hydroxyl groups excluding tert-OH is 2. The molecular formula is C45H62N12O14S2. The predicted molar refractivity (Wildman–Crippen MR) is 265 cm³/mol. The number of hydrogen-bond donors (Lipinski definition) is 7. The Kier molecular flexibility index (Phi) is 22.5. The summed E-state index contributed by atoms with van der Waals surface area (Å²) in [5.74, 6) is -1.08. The summed E-state index contributed by atoms with van der Waals surface area (Å²) in [5, 5.41) is 65.2. The number of aromatic nitrogens is 2.